The summed E-state index contributed by atoms with van der Waals surface area (Å²) in [5.74, 6) is 0.579. The Balaban J connectivity index is 2.16. The van der Waals surface area contributed by atoms with E-state index in [2.05, 4.69) is 10.1 Å². The molecule has 0 saturated carbocycles. The standard InChI is InChI=1S/C18H17N3O/c1-12-8-10-15(11-9-12)13(2)20-21-14(3)19-17-7-5-4-6-16(17)18(21)22/h4-11H,1-3H3. The molecule has 0 aliphatic rings. The Kier molecular flexibility index (Phi) is 3.59. The van der Waals surface area contributed by atoms with Crippen LogP contribution in [0.5, 0.6) is 0 Å². The summed E-state index contributed by atoms with van der Waals surface area (Å²) < 4.78 is 1.37. The van der Waals surface area contributed by atoms with Gasteiger partial charge in [0.15, 0.2) is 0 Å². The van der Waals surface area contributed by atoms with Crippen LogP contribution in [0, 0.1) is 13.8 Å². The van der Waals surface area contributed by atoms with Gasteiger partial charge in [0.05, 0.1) is 16.6 Å². The van der Waals surface area contributed by atoms with E-state index in [4.69, 9.17) is 0 Å². The third kappa shape index (κ3) is 2.55. The lowest BCUT2D eigenvalue weighted by molar-refractivity contribution is 0.766. The van der Waals surface area contributed by atoms with Crippen molar-refractivity contribution < 1.29 is 0 Å². The smallest absolute Gasteiger partial charge is 0.267 e. The predicted octanol–water partition coefficient (Wildman–Crippen LogP) is 3.29. The van der Waals surface area contributed by atoms with E-state index in [1.54, 1.807) is 13.0 Å². The summed E-state index contributed by atoms with van der Waals surface area (Å²) in [5, 5.41) is 5.04. The molecule has 0 N–H and O–H groups in total. The molecular formula is C18H17N3O. The van der Waals surface area contributed by atoms with Gasteiger partial charge in [-0.3, -0.25) is 4.79 Å². The third-order valence-electron chi connectivity index (χ3n) is 3.63. The number of rotatable bonds is 2. The van der Waals surface area contributed by atoms with Gasteiger partial charge in [0.1, 0.15) is 5.82 Å². The van der Waals surface area contributed by atoms with Crippen LogP contribution in [0.25, 0.3) is 10.9 Å². The minimum Gasteiger partial charge on any atom is -0.267 e. The number of nitrogens with zero attached hydrogens (tertiary/aromatic N) is 3. The van der Waals surface area contributed by atoms with Crippen molar-refractivity contribution in [1.29, 1.82) is 0 Å². The average Bonchev–Trinajstić information content (AvgIpc) is 2.52. The molecule has 1 heterocycles. The number of hydrogen-bond donors (Lipinski definition) is 0. The Labute approximate surface area is 128 Å². The van der Waals surface area contributed by atoms with Gasteiger partial charge in [-0.1, -0.05) is 42.0 Å². The van der Waals surface area contributed by atoms with Crippen LogP contribution in [0.2, 0.25) is 0 Å². The summed E-state index contributed by atoms with van der Waals surface area (Å²) in [7, 11) is 0. The van der Waals surface area contributed by atoms with Crippen LogP contribution < -0.4 is 5.56 Å². The second kappa shape index (κ2) is 5.56. The highest BCUT2D eigenvalue weighted by Crippen LogP contribution is 2.09. The molecule has 0 amide bonds. The molecule has 0 aliphatic heterocycles. The first-order chi connectivity index (χ1) is 10.6. The maximum absolute atomic E-state index is 12.6. The fourth-order valence-corrected chi connectivity index (χ4v) is 2.35. The zero-order valence-corrected chi connectivity index (χ0v) is 12.9. The molecule has 0 aliphatic carbocycles. The zero-order valence-electron chi connectivity index (χ0n) is 12.9. The molecule has 0 atom stereocenters. The lowest BCUT2D eigenvalue weighted by atomic mass is 10.1. The van der Waals surface area contributed by atoms with Gasteiger partial charge in [-0.05, 0) is 38.5 Å². The molecule has 3 aromatic rings. The SMILES string of the molecule is CC(=Nn1c(C)nc2ccccc2c1=O)c1ccc(C)cc1. The third-order valence-corrected chi connectivity index (χ3v) is 3.63. The van der Waals surface area contributed by atoms with Gasteiger partial charge in [-0.15, -0.1) is 0 Å². The quantitative estimate of drug-likeness (QED) is 0.680. The Bertz CT molecular complexity index is 921. The molecule has 3 rings (SSSR count). The van der Waals surface area contributed by atoms with E-state index >= 15 is 0 Å². The lowest BCUT2D eigenvalue weighted by Gasteiger charge is -2.07. The van der Waals surface area contributed by atoms with Crippen molar-refractivity contribution in [3.8, 4) is 0 Å². The van der Waals surface area contributed by atoms with Crippen molar-refractivity contribution in [1.82, 2.24) is 9.66 Å². The van der Waals surface area contributed by atoms with Gasteiger partial charge >= 0.3 is 0 Å². The van der Waals surface area contributed by atoms with Gasteiger partial charge in [-0.25, -0.2) is 4.98 Å². The summed E-state index contributed by atoms with van der Waals surface area (Å²) in [6, 6.07) is 15.4. The van der Waals surface area contributed by atoms with Gasteiger partial charge < -0.3 is 0 Å². The van der Waals surface area contributed by atoms with E-state index in [1.165, 1.54) is 10.2 Å². The average molecular weight is 291 g/mol. The predicted molar refractivity (Wildman–Crippen MR) is 89.5 cm³/mol. The van der Waals surface area contributed by atoms with Crippen LogP contribution in [0.15, 0.2) is 58.4 Å². The highest BCUT2D eigenvalue weighted by Gasteiger charge is 2.07. The van der Waals surface area contributed by atoms with Crippen LogP contribution in [0.3, 0.4) is 0 Å². The minimum absolute atomic E-state index is 0.144. The number of benzene rings is 2. The number of para-hydroxylation sites is 1. The largest absolute Gasteiger partial charge is 0.282 e. The molecule has 0 fully saturated rings. The fraction of sp³-hybridized carbons (Fsp3) is 0.167. The minimum atomic E-state index is -0.144. The molecule has 4 heteroatoms. The van der Waals surface area contributed by atoms with E-state index in [9.17, 15) is 4.79 Å². The zero-order chi connectivity index (χ0) is 15.7. The van der Waals surface area contributed by atoms with Gasteiger partial charge in [0, 0.05) is 0 Å². The lowest BCUT2D eigenvalue weighted by Crippen LogP contribution is -2.21. The summed E-state index contributed by atoms with van der Waals surface area (Å²) in [4.78, 5) is 17.0. The first kappa shape index (κ1) is 14.2. The molecule has 0 spiro atoms. The van der Waals surface area contributed by atoms with Gasteiger partial charge in [-0.2, -0.15) is 9.78 Å². The van der Waals surface area contributed by atoms with Crippen LogP contribution in [-0.4, -0.2) is 15.4 Å². The van der Waals surface area contributed by atoms with Crippen molar-refractivity contribution in [2.75, 3.05) is 0 Å². The Hall–Kier alpha value is -2.75. The van der Waals surface area contributed by atoms with Crippen molar-refractivity contribution in [2.45, 2.75) is 20.8 Å². The van der Waals surface area contributed by atoms with Crippen LogP contribution >= 0.6 is 0 Å². The van der Waals surface area contributed by atoms with E-state index in [0.29, 0.717) is 16.7 Å². The van der Waals surface area contributed by atoms with E-state index in [-0.39, 0.29) is 5.56 Å². The van der Waals surface area contributed by atoms with Crippen molar-refractivity contribution >= 4 is 16.6 Å². The van der Waals surface area contributed by atoms with Crippen molar-refractivity contribution in [2.24, 2.45) is 5.10 Å². The summed E-state index contributed by atoms with van der Waals surface area (Å²) in [5.41, 5.74) is 3.52. The topological polar surface area (TPSA) is 47.2 Å². The monoisotopic (exact) mass is 291 g/mol. The Morgan fingerprint density at radius 3 is 2.45 bits per heavy atom. The van der Waals surface area contributed by atoms with Crippen molar-refractivity contribution in [3.05, 3.63) is 75.8 Å². The molecule has 110 valence electrons. The van der Waals surface area contributed by atoms with Crippen LogP contribution in [0.1, 0.15) is 23.9 Å². The van der Waals surface area contributed by atoms with Crippen molar-refractivity contribution in [3.63, 3.8) is 0 Å². The first-order valence-corrected chi connectivity index (χ1v) is 7.17. The maximum atomic E-state index is 12.6. The van der Waals surface area contributed by atoms with E-state index < -0.39 is 0 Å². The first-order valence-electron chi connectivity index (χ1n) is 7.17. The molecule has 0 unspecified atom stereocenters. The maximum Gasteiger partial charge on any atom is 0.282 e. The van der Waals surface area contributed by atoms with E-state index in [0.717, 1.165) is 11.3 Å². The second-order valence-electron chi connectivity index (χ2n) is 5.34. The summed E-state index contributed by atoms with van der Waals surface area (Å²) in [6.07, 6.45) is 0. The number of hydrogen-bond acceptors (Lipinski definition) is 3. The van der Waals surface area contributed by atoms with E-state index in [1.807, 2.05) is 56.3 Å². The fourth-order valence-electron chi connectivity index (χ4n) is 2.35. The molecule has 2 aromatic carbocycles. The van der Waals surface area contributed by atoms with Crippen LogP contribution in [0.4, 0.5) is 0 Å². The Morgan fingerprint density at radius 2 is 1.73 bits per heavy atom. The van der Waals surface area contributed by atoms with Gasteiger partial charge in [0.2, 0.25) is 0 Å². The van der Waals surface area contributed by atoms with Gasteiger partial charge in [0.25, 0.3) is 5.56 Å². The molecule has 22 heavy (non-hydrogen) atoms. The normalized spacial score (nSPS) is 11.9. The molecule has 0 saturated heterocycles. The molecular weight excluding hydrogens is 274 g/mol. The molecule has 0 bridgehead atoms. The summed E-state index contributed by atoms with van der Waals surface area (Å²) in [6.45, 7) is 5.73. The molecule has 0 radical (unpaired) electrons. The number of aryl methyl sites for hydroxylation is 2. The number of aromatic nitrogens is 2. The Morgan fingerprint density at radius 1 is 1.05 bits per heavy atom. The molecule has 1 aromatic heterocycles. The highest BCUT2D eigenvalue weighted by molar-refractivity contribution is 5.98. The second-order valence-corrected chi connectivity index (χ2v) is 5.34. The highest BCUT2D eigenvalue weighted by atomic mass is 16.1. The number of fused-ring (bicyclic) bond motifs is 1. The molecule has 4 nitrogen and oxygen atoms in total. The summed E-state index contributed by atoms with van der Waals surface area (Å²) >= 11 is 0. The van der Waals surface area contributed by atoms with Crippen LogP contribution in [-0.2, 0) is 0 Å².